The molecule has 0 bridgehead atoms. The average Bonchev–Trinajstić information content (AvgIpc) is 2.26. The van der Waals surface area contributed by atoms with E-state index in [4.69, 9.17) is 4.74 Å². The lowest BCUT2D eigenvalue weighted by Crippen LogP contribution is -2.22. The predicted molar refractivity (Wildman–Crippen MR) is 68.6 cm³/mol. The van der Waals surface area contributed by atoms with Gasteiger partial charge in [-0.1, -0.05) is 27.7 Å². The van der Waals surface area contributed by atoms with Gasteiger partial charge in [0.05, 0.1) is 6.10 Å². The third kappa shape index (κ3) is 5.64. The second-order valence-electron chi connectivity index (χ2n) is 4.73. The minimum absolute atomic E-state index is 0.222. The van der Waals surface area contributed by atoms with Crippen molar-refractivity contribution >= 4 is 5.78 Å². The molecule has 2 atom stereocenters. The Morgan fingerprint density at radius 2 is 1.75 bits per heavy atom. The summed E-state index contributed by atoms with van der Waals surface area (Å²) < 4.78 is 5.62. The molecular formula is C14H28O2. The minimum atomic E-state index is 0.222. The van der Waals surface area contributed by atoms with E-state index in [1.54, 1.807) is 0 Å². The van der Waals surface area contributed by atoms with Gasteiger partial charge in [-0.05, 0) is 32.1 Å². The first-order chi connectivity index (χ1) is 7.56. The van der Waals surface area contributed by atoms with E-state index in [0.29, 0.717) is 24.2 Å². The molecule has 2 unspecified atom stereocenters. The van der Waals surface area contributed by atoms with Gasteiger partial charge in [-0.3, -0.25) is 4.79 Å². The Morgan fingerprint density at radius 3 is 2.12 bits per heavy atom. The van der Waals surface area contributed by atoms with Crippen LogP contribution in [0.3, 0.4) is 0 Å². The van der Waals surface area contributed by atoms with Gasteiger partial charge in [-0.25, -0.2) is 0 Å². The van der Waals surface area contributed by atoms with Crippen LogP contribution in [-0.2, 0) is 9.53 Å². The summed E-state index contributed by atoms with van der Waals surface area (Å²) in [5.41, 5.74) is 0. The molecule has 16 heavy (non-hydrogen) atoms. The van der Waals surface area contributed by atoms with E-state index in [9.17, 15) is 4.79 Å². The SMILES string of the molecule is CCOC(CC)CCC(C(=O)CC)C(C)C. The second-order valence-corrected chi connectivity index (χ2v) is 4.73. The lowest BCUT2D eigenvalue weighted by atomic mass is 9.85. The van der Waals surface area contributed by atoms with Gasteiger partial charge in [0.25, 0.3) is 0 Å². The van der Waals surface area contributed by atoms with Crippen LogP contribution in [-0.4, -0.2) is 18.5 Å². The highest BCUT2D eigenvalue weighted by Crippen LogP contribution is 2.22. The van der Waals surface area contributed by atoms with Crippen molar-refractivity contribution in [1.29, 1.82) is 0 Å². The van der Waals surface area contributed by atoms with Crippen molar-refractivity contribution in [2.45, 2.75) is 66.4 Å². The molecule has 0 radical (unpaired) electrons. The number of carbonyl (C=O) groups is 1. The molecule has 0 saturated heterocycles. The summed E-state index contributed by atoms with van der Waals surface area (Å²) in [5.74, 6) is 1.08. The Labute approximate surface area is 101 Å². The van der Waals surface area contributed by atoms with Gasteiger partial charge in [0.1, 0.15) is 5.78 Å². The van der Waals surface area contributed by atoms with Gasteiger partial charge in [-0.2, -0.15) is 0 Å². The third-order valence-electron chi connectivity index (χ3n) is 3.22. The minimum Gasteiger partial charge on any atom is -0.379 e. The number of hydrogen-bond acceptors (Lipinski definition) is 2. The maximum absolute atomic E-state index is 11.8. The van der Waals surface area contributed by atoms with Gasteiger partial charge >= 0.3 is 0 Å². The van der Waals surface area contributed by atoms with Crippen LogP contribution in [0.5, 0.6) is 0 Å². The number of ketones is 1. The third-order valence-corrected chi connectivity index (χ3v) is 3.22. The van der Waals surface area contributed by atoms with Gasteiger partial charge in [-0.15, -0.1) is 0 Å². The van der Waals surface area contributed by atoms with Crippen molar-refractivity contribution in [2.24, 2.45) is 11.8 Å². The van der Waals surface area contributed by atoms with Gasteiger partial charge in [0, 0.05) is 18.9 Å². The van der Waals surface area contributed by atoms with Crippen molar-refractivity contribution in [2.75, 3.05) is 6.61 Å². The number of rotatable bonds is 9. The molecule has 0 aliphatic rings. The zero-order chi connectivity index (χ0) is 12.6. The van der Waals surface area contributed by atoms with E-state index in [0.717, 1.165) is 25.9 Å². The molecule has 0 aromatic carbocycles. The lowest BCUT2D eigenvalue weighted by molar-refractivity contribution is -0.124. The number of Topliss-reactive ketones (excluding diaryl/α,β-unsaturated/α-hetero) is 1. The first-order valence-electron chi connectivity index (χ1n) is 6.70. The Kier molecular flexibility index (Phi) is 8.54. The van der Waals surface area contributed by atoms with E-state index in [1.165, 1.54) is 0 Å². The van der Waals surface area contributed by atoms with Crippen LogP contribution in [0.25, 0.3) is 0 Å². The molecule has 2 nitrogen and oxygen atoms in total. The van der Waals surface area contributed by atoms with E-state index in [2.05, 4.69) is 20.8 Å². The fourth-order valence-corrected chi connectivity index (χ4v) is 2.13. The first-order valence-corrected chi connectivity index (χ1v) is 6.70. The van der Waals surface area contributed by atoms with E-state index in [-0.39, 0.29) is 5.92 Å². The highest BCUT2D eigenvalue weighted by molar-refractivity contribution is 5.80. The molecular weight excluding hydrogens is 200 g/mol. The number of ether oxygens (including phenoxy) is 1. The summed E-state index contributed by atoms with van der Waals surface area (Å²) >= 11 is 0. The maximum atomic E-state index is 11.8. The van der Waals surface area contributed by atoms with Crippen molar-refractivity contribution in [3.05, 3.63) is 0 Å². The predicted octanol–water partition coefficient (Wildman–Crippen LogP) is 3.83. The van der Waals surface area contributed by atoms with E-state index < -0.39 is 0 Å². The smallest absolute Gasteiger partial charge is 0.135 e. The van der Waals surface area contributed by atoms with Crippen LogP contribution in [0.2, 0.25) is 0 Å². The standard InChI is InChI=1S/C14H28O2/c1-6-12(16-8-3)9-10-13(11(4)5)14(15)7-2/h11-13H,6-10H2,1-5H3. The molecule has 0 spiro atoms. The summed E-state index contributed by atoms with van der Waals surface area (Å²) in [4.78, 5) is 11.8. The lowest BCUT2D eigenvalue weighted by Gasteiger charge is -2.22. The van der Waals surface area contributed by atoms with Gasteiger partial charge < -0.3 is 4.74 Å². The van der Waals surface area contributed by atoms with Crippen LogP contribution < -0.4 is 0 Å². The molecule has 0 aromatic heterocycles. The zero-order valence-electron chi connectivity index (χ0n) is 11.6. The molecule has 2 heteroatoms. The van der Waals surface area contributed by atoms with Crippen LogP contribution in [0.1, 0.15) is 60.3 Å². The Morgan fingerprint density at radius 1 is 1.12 bits per heavy atom. The zero-order valence-corrected chi connectivity index (χ0v) is 11.6. The largest absolute Gasteiger partial charge is 0.379 e. The van der Waals surface area contributed by atoms with E-state index >= 15 is 0 Å². The van der Waals surface area contributed by atoms with Crippen LogP contribution >= 0.6 is 0 Å². The Bertz CT molecular complexity index is 187. The summed E-state index contributed by atoms with van der Waals surface area (Å²) in [6, 6.07) is 0. The molecule has 0 saturated carbocycles. The van der Waals surface area contributed by atoms with Crippen molar-refractivity contribution in [3.8, 4) is 0 Å². The average molecular weight is 228 g/mol. The quantitative estimate of drug-likeness (QED) is 0.599. The topological polar surface area (TPSA) is 26.3 Å². The molecule has 96 valence electrons. The number of hydrogen-bond donors (Lipinski definition) is 0. The molecule has 0 heterocycles. The Hall–Kier alpha value is -0.370. The summed E-state index contributed by atoms with van der Waals surface area (Å²) in [7, 11) is 0. The molecule has 0 aliphatic heterocycles. The summed E-state index contributed by atoms with van der Waals surface area (Å²) in [6.45, 7) is 11.2. The maximum Gasteiger partial charge on any atom is 0.135 e. The van der Waals surface area contributed by atoms with E-state index in [1.807, 2.05) is 13.8 Å². The highest BCUT2D eigenvalue weighted by Gasteiger charge is 2.21. The molecule has 0 N–H and O–H groups in total. The number of carbonyl (C=O) groups excluding carboxylic acids is 1. The molecule has 0 fully saturated rings. The van der Waals surface area contributed by atoms with Crippen molar-refractivity contribution in [3.63, 3.8) is 0 Å². The van der Waals surface area contributed by atoms with Crippen molar-refractivity contribution in [1.82, 2.24) is 0 Å². The summed E-state index contributed by atoms with van der Waals surface area (Å²) in [6.07, 6.45) is 4.02. The highest BCUT2D eigenvalue weighted by atomic mass is 16.5. The van der Waals surface area contributed by atoms with Crippen LogP contribution in [0.4, 0.5) is 0 Å². The second kappa shape index (κ2) is 8.74. The molecule has 0 aliphatic carbocycles. The molecule has 0 rings (SSSR count). The monoisotopic (exact) mass is 228 g/mol. The van der Waals surface area contributed by atoms with Gasteiger partial charge in [0.15, 0.2) is 0 Å². The first kappa shape index (κ1) is 15.6. The molecule has 0 aromatic rings. The fraction of sp³-hybridized carbons (Fsp3) is 0.929. The summed E-state index contributed by atoms with van der Waals surface area (Å²) in [5, 5.41) is 0. The fourth-order valence-electron chi connectivity index (χ4n) is 2.13. The van der Waals surface area contributed by atoms with Crippen LogP contribution in [0, 0.1) is 11.8 Å². The van der Waals surface area contributed by atoms with Crippen molar-refractivity contribution < 1.29 is 9.53 Å². The Balaban J connectivity index is 4.14. The van der Waals surface area contributed by atoms with Crippen LogP contribution in [0.15, 0.2) is 0 Å². The molecule has 0 amide bonds. The van der Waals surface area contributed by atoms with Gasteiger partial charge in [0.2, 0.25) is 0 Å². The normalized spacial score (nSPS) is 15.1.